The molecule has 0 aliphatic heterocycles. The third-order valence-electron chi connectivity index (χ3n) is 4.33. The molecule has 0 radical (unpaired) electrons. The van der Waals surface area contributed by atoms with E-state index < -0.39 is 6.10 Å². The summed E-state index contributed by atoms with van der Waals surface area (Å²) in [5.41, 5.74) is 0.794. The fourth-order valence-corrected chi connectivity index (χ4v) is 2.89. The van der Waals surface area contributed by atoms with Crippen molar-refractivity contribution in [3.05, 3.63) is 54.0 Å². The molecule has 0 saturated heterocycles. The molecular formula is C22H31IN6O3. The van der Waals surface area contributed by atoms with E-state index in [9.17, 15) is 5.11 Å². The van der Waals surface area contributed by atoms with E-state index in [1.165, 1.54) is 0 Å². The van der Waals surface area contributed by atoms with E-state index in [-0.39, 0.29) is 36.6 Å². The summed E-state index contributed by atoms with van der Waals surface area (Å²) in [6, 6.07) is 11.1. The number of H-pyrrole nitrogens is 1. The maximum atomic E-state index is 10.5. The molecule has 10 heteroatoms. The quantitative estimate of drug-likeness (QED) is 0.173. The fourth-order valence-electron chi connectivity index (χ4n) is 2.89. The third kappa shape index (κ3) is 7.83. The van der Waals surface area contributed by atoms with Gasteiger partial charge in [-0.1, -0.05) is 12.1 Å². The molecule has 4 N–H and O–H groups in total. The van der Waals surface area contributed by atoms with Crippen LogP contribution in [0, 0.1) is 0 Å². The molecule has 1 aromatic carbocycles. The molecule has 174 valence electrons. The van der Waals surface area contributed by atoms with Gasteiger partial charge in [-0.05, 0) is 50.6 Å². The van der Waals surface area contributed by atoms with Crippen molar-refractivity contribution in [2.45, 2.75) is 39.4 Å². The number of aliphatic hydroxyl groups excluding tert-OH is 1. The first kappa shape index (κ1) is 25.7. The Labute approximate surface area is 205 Å². The maximum Gasteiger partial charge on any atom is 0.216 e. The minimum Gasteiger partial charge on any atom is -0.491 e. The van der Waals surface area contributed by atoms with Gasteiger partial charge in [0.05, 0.1) is 25.0 Å². The van der Waals surface area contributed by atoms with E-state index in [1.54, 1.807) is 12.3 Å². The van der Waals surface area contributed by atoms with Crippen molar-refractivity contribution in [1.82, 2.24) is 25.8 Å². The molecule has 3 rings (SSSR count). The Balaban J connectivity index is 0.00000363. The molecule has 0 aliphatic rings. The lowest BCUT2D eigenvalue weighted by molar-refractivity contribution is 0.186. The summed E-state index contributed by atoms with van der Waals surface area (Å²) in [6.45, 7) is 7.52. The smallest absolute Gasteiger partial charge is 0.216 e. The Bertz CT molecular complexity index is 941. The number of aliphatic hydroxyl groups is 1. The number of guanidine groups is 1. The van der Waals surface area contributed by atoms with Gasteiger partial charge in [-0.15, -0.1) is 24.0 Å². The average Bonchev–Trinajstić information content (AvgIpc) is 3.44. The van der Waals surface area contributed by atoms with Crippen LogP contribution in [0.5, 0.6) is 5.75 Å². The fraction of sp³-hybridized carbons (Fsp3) is 0.409. The van der Waals surface area contributed by atoms with Crippen LogP contribution in [0.1, 0.15) is 38.3 Å². The van der Waals surface area contributed by atoms with Crippen molar-refractivity contribution in [3.63, 3.8) is 0 Å². The highest BCUT2D eigenvalue weighted by atomic mass is 127. The topological polar surface area (TPSA) is 121 Å². The summed E-state index contributed by atoms with van der Waals surface area (Å²) in [4.78, 5) is 8.91. The largest absolute Gasteiger partial charge is 0.491 e. The van der Waals surface area contributed by atoms with Crippen LogP contribution >= 0.6 is 24.0 Å². The van der Waals surface area contributed by atoms with E-state index in [0.29, 0.717) is 37.1 Å². The summed E-state index contributed by atoms with van der Waals surface area (Å²) < 4.78 is 10.9. The third-order valence-corrected chi connectivity index (χ3v) is 4.33. The molecule has 0 amide bonds. The molecule has 9 nitrogen and oxygen atoms in total. The summed E-state index contributed by atoms with van der Waals surface area (Å²) in [7, 11) is 0. The molecule has 2 aromatic heterocycles. The molecule has 3 aromatic rings. The van der Waals surface area contributed by atoms with Crippen LogP contribution in [0.4, 0.5) is 0 Å². The molecule has 32 heavy (non-hydrogen) atoms. The van der Waals surface area contributed by atoms with Gasteiger partial charge >= 0.3 is 0 Å². The Morgan fingerprint density at radius 3 is 2.66 bits per heavy atom. The highest BCUT2D eigenvalue weighted by Crippen LogP contribution is 2.19. The number of hydrogen-bond donors (Lipinski definition) is 4. The zero-order valence-electron chi connectivity index (χ0n) is 18.5. The molecule has 0 saturated carbocycles. The number of aliphatic imine (C=N–C) groups is 1. The first-order valence-corrected chi connectivity index (χ1v) is 10.5. The van der Waals surface area contributed by atoms with Gasteiger partial charge in [-0.25, -0.2) is 4.98 Å². The Morgan fingerprint density at radius 1 is 1.22 bits per heavy atom. The molecular weight excluding hydrogens is 523 g/mol. The van der Waals surface area contributed by atoms with Crippen molar-refractivity contribution >= 4 is 29.9 Å². The lowest BCUT2D eigenvalue weighted by Gasteiger charge is -2.14. The number of furan rings is 1. The number of ether oxygens (including phenoxy) is 1. The van der Waals surface area contributed by atoms with Crippen LogP contribution in [-0.2, 0) is 6.42 Å². The summed E-state index contributed by atoms with van der Waals surface area (Å²) >= 11 is 0. The molecule has 0 aliphatic carbocycles. The van der Waals surface area contributed by atoms with Crippen LogP contribution in [0.15, 0.2) is 52.1 Å². The van der Waals surface area contributed by atoms with E-state index in [2.05, 4.69) is 30.8 Å². The molecule has 0 fully saturated rings. The van der Waals surface area contributed by atoms with Gasteiger partial charge in [0, 0.05) is 19.5 Å². The molecule has 2 heterocycles. The van der Waals surface area contributed by atoms with Gasteiger partial charge in [0.2, 0.25) is 5.82 Å². The average molecular weight is 554 g/mol. The van der Waals surface area contributed by atoms with E-state index in [4.69, 9.17) is 9.15 Å². The second kappa shape index (κ2) is 13.1. The highest BCUT2D eigenvalue weighted by Gasteiger charge is 2.10. The van der Waals surface area contributed by atoms with Gasteiger partial charge in [0.25, 0.3) is 0 Å². The van der Waals surface area contributed by atoms with Crippen molar-refractivity contribution in [1.29, 1.82) is 0 Å². The van der Waals surface area contributed by atoms with E-state index in [0.717, 1.165) is 17.1 Å². The Morgan fingerprint density at radius 2 is 2.00 bits per heavy atom. The van der Waals surface area contributed by atoms with Gasteiger partial charge < -0.3 is 24.9 Å². The van der Waals surface area contributed by atoms with Crippen molar-refractivity contribution < 1.29 is 14.3 Å². The minimum atomic E-state index is -0.700. The zero-order valence-corrected chi connectivity index (χ0v) is 20.9. The SMILES string of the molecule is CCNC(=NCC(O)c1ccc(OC(C)C)cc1)NCCc1nc(-c2ccco2)n[nH]1.I. The maximum absolute atomic E-state index is 10.5. The van der Waals surface area contributed by atoms with E-state index in [1.807, 2.05) is 51.1 Å². The number of halogens is 1. The molecule has 1 atom stereocenters. The number of nitrogens with one attached hydrogen (secondary N) is 3. The van der Waals surface area contributed by atoms with Gasteiger partial charge in [0.15, 0.2) is 11.7 Å². The summed E-state index contributed by atoms with van der Waals surface area (Å²) in [5, 5.41) is 24.0. The van der Waals surface area contributed by atoms with Gasteiger partial charge in [-0.3, -0.25) is 10.1 Å². The zero-order chi connectivity index (χ0) is 22.1. The lowest BCUT2D eigenvalue weighted by atomic mass is 10.1. The number of rotatable bonds is 10. The second-order valence-electron chi connectivity index (χ2n) is 7.23. The normalized spacial score (nSPS) is 12.3. The van der Waals surface area contributed by atoms with Crippen molar-refractivity contribution in [3.8, 4) is 17.3 Å². The Hall–Kier alpha value is -2.60. The van der Waals surface area contributed by atoms with Gasteiger partial charge in [-0.2, -0.15) is 5.10 Å². The number of hydrogen-bond acceptors (Lipinski definition) is 6. The predicted molar refractivity (Wildman–Crippen MR) is 134 cm³/mol. The number of nitrogens with zero attached hydrogens (tertiary/aromatic N) is 3. The van der Waals surface area contributed by atoms with Crippen molar-refractivity contribution in [2.24, 2.45) is 4.99 Å². The lowest BCUT2D eigenvalue weighted by Crippen LogP contribution is -2.38. The highest BCUT2D eigenvalue weighted by molar-refractivity contribution is 14.0. The Kier molecular flexibility index (Phi) is 10.5. The van der Waals surface area contributed by atoms with Crippen LogP contribution in [-0.4, -0.2) is 52.0 Å². The van der Waals surface area contributed by atoms with Crippen LogP contribution in [0.3, 0.4) is 0 Å². The molecule has 0 spiro atoms. The minimum absolute atomic E-state index is 0. The van der Waals surface area contributed by atoms with Crippen LogP contribution in [0.25, 0.3) is 11.6 Å². The number of aromatic nitrogens is 3. The standard InChI is InChI=1S/C22H30N6O3.HI/c1-4-23-22(24-12-11-20-26-21(28-27-20)19-6-5-13-30-19)25-14-18(29)16-7-9-17(10-8-16)31-15(2)3;/h5-10,13,15,18,29H,4,11-12,14H2,1-3H3,(H2,23,24,25)(H,26,27,28);1H. The predicted octanol–water partition coefficient (Wildman–Crippen LogP) is 3.30. The van der Waals surface area contributed by atoms with Crippen molar-refractivity contribution in [2.75, 3.05) is 19.6 Å². The summed E-state index contributed by atoms with van der Waals surface area (Å²) in [6.07, 6.45) is 1.64. The number of aromatic amines is 1. The van der Waals surface area contributed by atoms with Crippen LogP contribution < -0.4 is 15.4 Å². The molecule has 0 bridgehead atoms. The number of benzene rings is 1. The monoisotopic (exact) mass is 554 g/mol. The van der Waals surface area contributed by atoms with Crippen LogP contribution in [0.2, 0.25) is 0 Å². The first-order valence-electron chi connectivity index (χ1n) is 10.5. The first-order chi connectivity index (χ1) is 15.0. The molecule has 1 unspecified atom stereocenters. The second-order valence-corrected chi connectivity index (χ2v) is 7.23. The van der Waals surface area contributed by atoms with Gasteiger partial charge in [0.1, 0.15) is 11.6 Å². The summed E-state index contributed by atoms with van der Waals surface area (Å²) in [5.74, 6) is 3.33. The van der Waals surface area contributed by atoms with E-state index >= 15 is 0 Å².